The number of halogens is 1. The van der Waals surface area contributed by atoms with Crippen molar-refractivity contribution >= 4 is 23.2 Å². The maximum atomic E-state index is 13.4. The van der Waals surface area contributed by atoms with E-state index in [0.717, 1.165) is 18.4 Å². The first-order chi connectivity index (χ1) is 19.4. The van der Waals surface area contributed by atoms with Crippen molar-refractivity contribution in [2.75, 3.05) is 5.73 Å². The molecule has 2 bridgehead atoms. The number of nitrogens with one attached hydrogen (secondary N) is 1. The number of nitrogens with two attached hydrogens (primary N) is 1. The Morgan fingerprint density at radius 1 is 1.07 bits per heavy atom. The molecule has 202 valence electrons. The molecule has 0 radical (unpaired) electrons. The van der Waals surface area contributed by atoms with Gasteiger partial charge in [0.05, 0.1) is 29.3 Å². The normalized spacial score (nSPS) is 20.4. The highest BCUT2D eigenvalue weighted by molar-refractivity contribution is 6.00. The van der Waals surface area contributed by atoms with E-state index in [-0.39, 0.29) is 47.2 Å². The molecular weight excluding hydrogens is 515 g/mol. The number of nitrogen functional groups attached to an aromatic ring is 1. The van der Waals surface area contributed by atoms with Crippen LogP contribution in [-0.2, 0) is 0 Å². The Morgan fingerprint density at radius 3 is 2.50 bits per heavy atom. The number of aromatic amines is 1. The lowest BCUT2D eigenvalue weighted by molar-refractivity contribution is 0.0556. The van der Waals surface area contributed by atoms with Crippen LogP contribution in [-0.4, -0.2) is 68.2 Å². The van der Waals surface area contributed by atoms with Crippen molar-refractivity contribution in [3.8, 4) is 16.8 Å². The number of rotatable bonds is 5. The van der Waals surface area contributed by atoms with Crippen LogP contribution in [0.2, 0.25) is 0 Å². The molecule has 5 aromatic rings. The molecule has 12 nitrogen and oxygen atoms in total. The number of piperidine rings is 1. The van der Waals surface area contributed by atoms with Crippen molar-refractivity contribution in [2.24, 2.45) is 0 Å². The van der Waals surface area contributed by atoms with Crippen molar-refractivity contribution in [3.63, 3.8) is 0 Å². The van der Waals surface area contributed by atoms with Gasteiger partial charge < -0.3 is 10.6 Å². The van der Waals surface area contributed by atoms with E-state index in [1.54, 1.807) is 29.2 Å². The molecule has 1 amide bonds. The summed E-state index contributed by atoms with van der Waals surface area (Å²) in [6, 6.07) is 6.04. The Bertz CT molecular complexity index is 1740. The van der Waals surface area contributed by atoms with Gasteiger partial charge in [0.1, 0.15) is 18.0 Å². The molecule has 3 N–H and O–H groups in total. The Balaban J connectivity index is 1.27. The number of anilines is 1. The molecule has 2 aliphatic heterocycles. The van der Waals surface area contributed by atoms with E-state index < -0.39 is 0 Å². The fraction of sp³-hybridized carbons (Fsp3) is 0.296. The number of carbonyl (C=O) groups excluding carboxylic acids is 2. The molecule has 1 aromatic carbocycles. The Morgan fingerprint density at radius 2 is 1.82 bits per heavy atom. The minimum Gasteiger partial charge on any atom is -0.383 e. The number of ketones is 1. The van der Waals surface area contributed by atoms with Gasteiger partial charge in [0.2, 0.25) is 5.82 Å². The van der Waals surface area contributed by atoms with Crippen LogP contribution in [0.5, 0.6) is 0 Å². The Kier molecular flexibility index (Phi) is 5.47. The van der Waals surface area contributed by atoms with Gasteiger partial charge in [-0.15, -0.1) is 0 Å². The van der Waals surface area contributed by atoms with E-state index in [4.69, 9.17) is 10.7 Å². The molecule has 13 heteroatoms. The molecule has 0 aliphatic carbocycles. The van der Waals surface area contributed by atoms with Gasteiger partial charge in [-0.05, 0) is 56.9 Å². The third-order valence-corrected chi connectivity index (χ3v) is 8.02. The number of Topliss-reactive ketones (excluding diaryl/α,β-unsaturated/α-hetero) is 1. The first-order valence-corrected chi connectivity index (χ1v) is 13.1. The lowest BCUT2D eigenvalue weighted by atomic mass is 9.85. The minimum absolute atomic E-state index is 0.00117. The highest BCUT2D eigenvalue weighted by Crippen LogP contribution is 2.45. The maximum Gasteiger partial charge on any atom is 0.291 e. The molecular formula is C27H25FN10O2. The fourth-order valence-electron chi connectivity index (χ4n) is 6.25. The first kappa shape index (κ1) is 24.1. The second kappa shape index (κ2) is 9.07. The van der Waals surface area contributed by atoms with E-state index >= 15 is 0 Å². The molecule has 2 saturated heterocycles. The molecule has 40 heavy (non-hydrogen) atoms. The highest BCUT2D eigenvalue weighted by atomic mass is 19.1. The molecule has 0 spiro atoms. The number of benzene rings is 1. The second-order valence-corrected chi connectivity index (χ2v) is 10.4. The number of carbonyl (C=O) groups is 2. The summed E-state index contributed by atoms with van der Waals surface area (Å²) < 4.78 is 16.5. The summed E-state index contributed by atoms with van der Waals surface area (Å²) in [4.78, 5) is 36.9. The van der Waals surface area contributed by atoms with E-state index in [2.05, 4.69) is 25.4 Å². The maximum absolute atomic E-state index is 13.4. The van der Waals surface area contributed by atoms with Gasteiger partial charge in [-0.25, -0.2) is 19.0 Å². The fourth-order valence-corrected chi connectivity index (χ4v) is 6.25. The summed E-state index contributed by atoms with van der Waals surface area (Å²) in [5.74, 6) is -0.267. The summed E-state index contributed by atoms with van der Waals surface area (Å²) >= 11 is 0. The van der Waals surface area contributed by atoms with Crippen LogP contribution in [0.3, 0.4) is 0 Å². The first-order valence-electron chi connectivity index (χ1n) is 13.1. The number of hydrogen-bond donors (Lipinski definition) is 2. The standard InChI is InChI=1S/C27H25FN10O2/c1-14(39)22-23(15-8-19-6-7-20(9-15)37(19)27(40)25-30-13-31-35-25)34-26-21(11-33-38(26)24(22)29)16-10-32-36(12-16)18-4-2-17(28)3-5-18/h2-5,10-13,15,19-20H,6-9,29H2,1H3,(H,30,31,35)/t15?,19-,20+. The molecule has 1 unspecified atom stereocenters. The van der Waals surface area contributed by atoms with Crippen LogP contribution < -0.4 is 5.73 Å². The smallest absolute Gasteiger partial charge is 0.291 e. The van der Waals surface area contributed by atoms with E-state index in [1.165, 1.54) is 29.9 Å². The highest BCUT2D eigenvalue weighted by Gasteiger charge is 2.45. The Hall–Kier alpha value is -4.94. The topological polar surface area (TPSA) is 153 Å². The van der Waals surface area contributed by atoms with E-state index in [0.29, 0.717) is 41.0 Å². The number of fused-ring (bicyclic) bond motifs is 3. The molecule has 2 fully saturated rings. The molecule has 6 heterocycles. The van der Waals surface area contributed by atoms with Gasteiger partial charge in [-0.2, -0.15) is 19.8 Å². The van der Waals surface area contributed by atoms with Crippen LogP contribution in [0.4, 0.5) is 10.2 Å². The molecule has 3 atom stereocenters. The predicted octanol–water partition coefficient (Wildman–Crippen LogP) is 3.17. The summed E-state index contributed by atoms with van der Waals surface area (Å²) in [5.41, 5.74) is 10.2. The average Bonchev–Trinajstić information content (AvgIpc) is 3.74. The summed E-state index contributed by atoms with van der Waals surface area (Å²) in [5, 5.41) is 15.4. The van der Waals surface area contributed by atoms with Crippen molar-refractivity contribution in [1.29, 1.82) is 0 Å². The number of amides is 1. The minimum atomic E-state index is -0.325. The summed E-state index contributed by atoms with van der Waals surface area (Å²) in [6.45, 7) is 1.48. The number of hydrogen-bond acceptors (Lipinski definition) is 8. The zero-order valence-electron chi connectivity index (χ0n) is 21.5. The van der Waals surface area contributed by atoms with Gasteiger partial charge in [0.25, 0.3) is 5.91 Å². The number of nitrogens with zero attached hydrogens (tertiary/aromatic N) is 8. The van der Waals surface area contributed by atoms with Crippen molar-refractivity contribution in [2.45, 2.75) is 50.6 Å². The average molecular weight is 541 g/mol. The van der Waals surface area contributed by atoms with Crippen molar-refractivity contribution in [3.05, 3.63) is 72.1 Å². The Labute approximate surface area is 227 Å². The van der Waals surface area contributed by atoms with Gasteiger partial charge in [-0.3, -0.25) is 14.7 Å². The van der Waals surface area contributed by atoms with Crippen LogP contribution in [0.15, 0.2) is 49.2 Å². The molecule has 4 aromatic heterocycles. The van der Waals surface area contributed by atoms with Crippen LogP contribution >= 0.6 is 0 Å². The zero-order valence-corrected chi connectivity index (χ0v) is 21.5. The SMILES string of the molecule is CC(=O)c1c(C2C[C@H]3CC[C@@H](C2)N3C(=O)c2ncn[nH]2)nc2c(-c3cnn(-c4ccc(F)cc4)c3)cnn2c1N. The number of aromatic nitrogens is 8. The second-order valence-electron chi connectivity index (χ2n) is 10.4. The van der Waals surface area contributed by atoms with Crippen LogP contribution in [0, 0.1) is 5.82 Å². The number of H-pyrrole nitrogens is 1. The lowest BCUT2D eigenvalue weighted by Gasteiger charge is -2.38. The van der Waals surface area contributed by atoms with Gasteiger partial charge in [0, 0.05) is 35.3 Å². The van der Waals surface area contributed by atoms with Crippen molar-refractivity contribution in [1.82, 2.24) is 44.5 Å². The lowest BCUT2D eigenvalue weighted by Crippen LogP contribution is -2.46. The van der Waals surface area contributed by atoms with Gasteiger partial charge >= 0.3 is 0 Å². The quantitative estimate of drug-likeness (QED) is 0.322. The van der Waals surface area contributed by atoms with Crippen LogP contribution in [0.25, 0.3) is 22.5 Å². The predicted molar refractivity (Wildman–Crippen MR) is 141 cm³/mol. The summed E-state index contributed by atoms with van der Waals surface area (Å²) in [6.07, 6.45) is 9.54. The molecule has 7 rings (SSSR count). The monoisotopic (exact) mass is 540 g/mol. The molecule has 0 saturated carbocycles. The summed E-state index contributed by atoms with van der Waals surface area (Å²) in [7, 11) is 0. The van der Waals surface area contributed by atoms with E-state index in [9.17, 15) is 14.0 Å². The third-order valence-electron chi connectivity index (χ3n) is 8.02. The van der Waals surface area contributed by atoms with E-state index in [1.807, 2.05) is 11.1 Å². The van der Waals surface area contributed by atoms with Gasteiger partial charge in [0.15, 0.2) is 11.4 Å². The van der Waals surface area contributed by atoms with Crippen molar-refractivity contribution < 1.29 is 14.0 Å². The molecule has 2 aliphatic rings. The van der Waals surface area contributed by atoms with Crippen LogP contribution in [0.1, 0.15) is 65.2 Å². The third kappa shape index (κ3) is 3.76. The zero-order chi connectivity index (χ0) is 27.5. The largest absolute Gasteiger partial charge is 0.383 e. The van der Waals surface area contributed by atoms with Gasteiger partial charge in [-0.1, -0.05) is 0 Å².